The maximum absolute atomic E-state index is 6.13. The highest BCUT2D eigenvalue weighted by molar-refractivity contribution is 6.26. The highest BCUT2D eigenvalue weighted by Gasteiger charge is 2.22. The van der Waals surface area contributed by atoms with Crippen molar-refractivity contribution in [1.82, 2.24) is 0 Å². The van der Waals surface area contributed by atoms with Crippen LogP contribution in [0.3, 0.4) is 0 Å². The lowest BCUT2D eigenvalue weighted by Crippen LogP contribution is -1.91. The Kier molecular flexibility index (Phi) is 15.3. The van der Waals surface area contributed by atoms with Gasteiger partial charge in [-0.05, 0) is 213 Å². The Bertz CT molecular complexity index is 7060. The largest absolute Gasteiger partial charge is 0.456 e. The van der Waals surface area contributed by atoms with Gasteiger partial charge in [-0.1, -0.05) is 352 Å². The van der Waals surface area contributed by atoms with E-state index in [0.717, 1.165) is 43.9 Å². The van der Waals surface area contributed by atoms with Crippen molar-refractivity contribution < 1.29 is 8.83 Å². The number of hydrogen-bond acceptors (Lipinski definition) is 2. The molecule has 494 valence electrons. The number of furan rings is 2. The van der Waals surface area contributed by atoms with Gasteiger partial charge in [-0.2, -0.15) is 0 Å². The summed E-state index contributed by atoms with van der Waals surface area (Å²) in [6.07, 6.45) is 0. The molecular formula is C104H66O2. The molecule has 0 fully saturated rings. The van der Waals surface area contributed by atoms with Crippen molar-refractivity contribution in [3.63, 3.8) is 0 Å². The maximum atomic E-state index is 6.13. The summed E-state index contributed by atoms with van der Waals surface area (Å²) < 4.78 is 12.2. The van der Waals surface area contributed by atoms with Crippen LogP contribution in [0.1, 0.15) is 0 Å². The van der Waals surface area contributed by atoms with Crippen LogP contribution in [0.4, 0.5) is 0 Å². The molecule has 0 saturated carbocycles. The van der Waals surface area contributed by atoms with Crippen LogP contribution in [-0.4, -0.2) is 0 Å². The van der Waals surface area contributed by atoms with Gasteiger partial charge in [0.2, 0.25) is 0 Å². The Labute approximate surface area is 613 Å². The van der Waals surface area contributed by atoms with E-state index < -0.39 is 0 Å². The quantitative estimate of drug-likeness (QED) is 0.149. The van der Waals surface area contributed by atoms with Crippen LogP contribution in [-0.2, 0) is 0 Å². The van der Waals surface area contributed by atoms with Crippen molar-refractivity contribution in [2.45, 2.75) is 0 Å². The third-order valence-corrected chi connectivity index (χ3v) is 21.5. The summed E-state index contributed by atoms with van der Waals surface area (Å²) >= 11 is 0. The molecule has 0 aliphatic rings. The smallest absolute Gasteiger partial charge is 0.135 e. The van der Waals surface area contributed by atoms with Gasteiger partial charge < -0.3 is 8.83 Å². The van der Waals surface area contributed by atoms with Crippen molar-refractivity contribution in [2.75, 3.05) is 0 Å². The van der Waals surface area contributed by atoms with Crippen molar-refractivity contribution in [2.24, 2.45) is 0 Å². The van der Waals surface area contributed by atoms with Crippen molar-refractivity contribution in [3.8, 4) is 77.9 Å². The van der Waals surface area contributed by atoms with E-state index >= 15 is 0 Å². The fourth-order valence-electron chi connectivity index (χ4n) is 16.9. The lowest BCUT2D eigenvalue weighted by Gasteiger charge is -2.19. The molecular weight excluding hydrogens is 1280 g/mol. The van der Waals surface area contributed by atoms with Crippen LogP contribution in [0.15, 0.2) is 409 Å². The molecule has 2 nitrogen and oxygen atoms in total. The van der Waals surface area contributed by atoms with Crippen LogP contribution in [0, 0.1) is 0 Å². The number of hydrogen-bond donors (Lipinski definition) is 0. The second kappa shape index (κ2) is 26.2. The second-order valence-corrected chi connectivity index (χ2v) is 27.5. The van der Waals surface area contributed by atoms with Gasteiger partial charge in [-0.3, -0.25) is 0 Å². The van der Waals surface area contributed by atoms with E-state index in [4.69, 9.17) is 8.83 Å². The molecule has 2 aromatic heterocycles. The van der Waals surface area contributed by atoms with Crippen LogP contribution >= 0.6 is 0 Å². The third kappa shape index (κ3) is 10.6. The normalized spacial score (nSPS) is 11.6. The fraction of sp³-hybridized carbons (Fsp3) is 0. The van der Waals surface area contributed by atoms with Gasteiger partial charge in [0, 0.05) is 21.5 Å². The first-order valence-electron chi connectivity index (χ1n) is 36.4. The average Bonchev–Trinajstić information content (AvgIpc) is 0.831. The summed E-state index contributed by atoms with van der Waals surface area (Å²) in [5.74, 6) is 0. The van der Waals surface area contributed by atoms with E-state index in [1.807, 2.05) is 24.3 Å². The molecule has 20 aromatic carbocycles. The molecule has 22 aromatic rings. The standard InChI is InChI=1S/C36H22O.C36H24.C32H20O/c1-2-10-24-21-25(18-17-23(24)9-1)35-28-12-3-5-14-30(28)36(31-15-6-4-13-29(31)35)26-19-20-34-32(22-26)27-11-7-8-16-33(27)37-34;1-3-13-26(14-4-1)35-31-19-9-10-20-32(31)36(27-15-5-2-6-16-27)34-24-28(22-23-33(34)35)30-21-11-17-25-12-7-8-18-29(25)30;1-2-10-21(11-3-1)31-24-13-4-6-15-26(24)32(27-16-7-5-14-25(27)31)22-18-19-30-28(20-22)23-12-8-9-17-29(23)33-30/h1-22H;1-24H;1-20H. The Hall–Kier alpha value is -13.9. The van der Waals surface area contributed by atoms with Gasteiger partial charge in [0.15, 0.2) is 0 Å². The van der Waals surface area contributed by atoms with Crippen LogP contribution < -0.4 is 0 Å². The Morgan fingerprint density at radius 3 is 0.821 bits per heavy atom. The lowest BCUT2D eigenvalue weighted by molar-refractivity contribution is 0.668. The first-order valence-corrected chi connectivity index (χ1v) is 36.4. The zero-order valence-corrected chi connectivity index (χ0v) is 57.9. The minimum atomic E-state index is 0.923. The molecule has 22 rings (SSSR count). The van der Waals surface area contributed by atoms with Crippen LogP contribution in [0.25, 0.3) is 208 Å². The lowest BCUT2D eigenvalue weighted by atomic mass is 9.84. The van der Waals surface area contributed by atoms with E-state index in [0.29, 0.717) is 0 Å². The number of rotatable bonds is 7. The molecule has 0 aliphatic carbocycles. The molecule has 0 unspecified atom stereocenters. The van der Waals surface area contributed by atoms with Gasteiger partial charge in [-0.25, -0.2) is 0 Å². The van der Waals surface area contributed by atoms with E-state index in [-0.39, 0.29) is 0 Å². The second-order valence-electron chi connectivity index (χ2n) is 27.5. The van der Waals surface area contributed by atoms with Crippen molar-refractivity contribution in [3.05, 3.63) is 400 Å². The highest BCUT2D eigenvalue weighted by Crippen LogP contribution is 2.49. The average molecular weight is 1350 g/mol. The van der Waals surface area contributed by atoms with E-state index in [2.05, 4.69) is 376 Å². The summed E-state index contributed by atoms with van der Waals surface area (Å²) in [5, 5.41) is 24.9. The Morgan fingerprint density at radius 1 is 0.123 bits per heavy atom. The molecule has 0 saturated heterocycles. The van der Waals surface area contributed by atoms with Gasteiger partial charge in [0.1, 0.15) is 22.3 Å². The topological polar surface area (TPSA) is 26.3 Å². The summed E-state index contributed by atoms with van der Waals surface area (Å²) in [4.78, 5) is 0. The molecule has 0 amide bonds. The van der Waals surface area contributed by atoms with E-state index in [1.54, 1.807) is 0 Å². The molecule has 106 heavy (non-hydrogen) atoms. The van der Waals surface area contributed by atoms with Gasteiger partial charge in [0.05, 0.1) is 0 Å². The monoisotopic (exact) mass is 1350 g/mol. The molecule has 0 aliphatic heterocycles. The maximum Gasteiger partial charge on any atom is 0.135 e. The number of para-hydroxylation sites is 2. The molecule has 0 N–H and O–H groups in total. The fourth-order valence-corrected chi connectivity index (χ4v) is 16.9. The highest BCUT2D eigenvalue weighted by atomic mass is 16.3. The minimum absolute atomic E-state index is 0.923. The molecule has 0 atom stereocenters. The van der Waals surface area contributed by atoms with Crippen molar-refractivity contribution in [1.29, 1.82) is 0 Å². The molecule has 0 radical (unpaired) electrons. The number of fused-ring (bicyclic) bond motifs is 14. The van der Waals surface area contributed by atoms with Crippen LogP contribution in [0.5, 0.6) is 0 Å². The summed E-state index contributed by atoms with van der Waals surface area (Å²) in [6.45, 7) is 0. The van der Waals surface area contributed by atoms with Gasteiger partial charge >= 0.3 is 0 Å². The summed E-state index contributed by atoms with van der Waals surface area (Å²) in [5.41, 5.74) is 21.3. The molecule has 0 spiro atoms. The molecule has 0 bridgehead atoms. The summed E-state index contributed by atoms with van der Waals surface area (Å²) in [6, 6.07) is 144. The Balaban J connectivity index is 0.000000105. The van der Waals surface area contributed by atoms with E-state index in [1.165, 1.54) is 164 Å². The Morgan fingerprint density at radius 2 is 0.396 bits per heavy atom. The first kappa shape index (κ1) is 61.9. The van der Waals surface area contributed by atoms with Crippen LogP contribution in [0.2, 0.25) is 0 Å². The third-order valence-electron chi connectivity index (χ3n) is 21.5. The van der Waals surface area contributed by atoms with Gasteiger partial charge in [-0.15, -0.1) is 0 Å². The predicted molar refractivity (Wildman–Crippen MR) is 452 cm³/mol. The zero-order chi connectivity index (χ0) is 70.0. The minimum Gasteiger partial charge on any atom is -0.456 e. The van der Waals surface area contributed by atoms with E-state index in [9.17, 15) is 0 Å². The summed E-state index contributed by atoms with van der Waals surface area (Å²) in [7, 11) is 0. The van der Waals surface area contributed by atoms with Crippen molar-refractivity contribution >= 4 is 130 Å². The number of benzene rings is 20. The zero-order valence-electron chi connectivity index (χ0n) is 57.9. The predicted octanol–water partition coefficient (Wildman–Crippen LogP) is 29.8. The molecule has 2 heterocycles. The SMILES string of the molecule is c1ccc(-c2c3ccccc3c(-c3ccc4oc5ccccc5c4c3)c3ccccc23)cc1.c1ccc(-c2c3ccccc3c(-c3ccccc3)c3cc(-c4cccc5ccccc45)ccc23)cc1.c1ccc2cc(-c3c4ccccc4c(-c4ccc5oc6ccccc6c5c4)c4ccccc34)ccc2c1. The molecule has 2 heteroatoms. The van der Waals surface area contributed by atoms with Gasteiger partial charge in [0.25, 0.3) is 0 Å². The first-order chi connectivity index (χ1) is 52.6.